The Labute approximate surface area is 110 Å². The van der Waals surface area contributed by atoms with Crippen LogP contribution in [0.2, 0.25) is 0 Å². The second kappa shape index (κ2) is 5.16. The van der Waals surface area contributed by atoms with Crippen LogP contribution in [0.1, 0.15) is 22.7 Å². The van der Waals surface area contributed by atoms with Crippen molar-refractivity contribution >= 4 is 15.9 Å². The fourth-order valence-electron chi connectivity index (χ4n) is 1.86. The second-order valence-corrected chi connectivity index (χ2v) is 4.92. The van der Waals surface area contributed by atoms with Gasteiger partial charge < -0.3 is 4.85 Å². The van der Waals surface area contributed by atoms with Crippen LogP contribution in [0, 0.1) is 13.5 Å². The smallest absolute Gasteiger partial charge is 0.273 e. The molecule has 2 rings (SSSR count). The van der Waals surface area contributed by atoms with Gasteiger partial charge >= 0.3 is 0 Å². The topological polar surface area (TPSA) is 4.36 Å². The molecule has 2 heteroatoms. The molecular formula is C15H12BrN. The Hall–Kier alpha value is -1.59. The molecule has 0 N–H and O–H groups in total. The zero-order valence-electron chi connectivity index (χ0n) is 9.52. The Morgan fingerprint density at radius 2 is 1.71 bits per heavy atom. The maximum absolute atomic E-state index is 7.39. The summed E-state index contributed by atoms with van der Waals surface area (Å²) in [7, 11) is 0. The largest absolute Gasteiger partial charge is 0.303 e. The molecule has 17 heavy (non-hydrogen) atoms. The first kappa shape index (κ1) is 11.9. The lowest BCUT2D eigenvalue weighted by atomic mass is 9.98. The Morgan fingerprint density at radius 3 is 2.29 bits per heavy atom. The number of rotatable bonds is 2. The molecule has 0 bridgehead atoms. The molecule has 0 aromatic heterocycles. The molecule has 0 aliphatic rings. The van der Waals surface area contributed by atoms with Gasteiger partial charge in [-0.2, -0.15) is 0 Å². The molecule has 0 aliphatic heterocycles. The fraction of sp³-hybridized carbons (Fsp3) is 0.133. The Bertz CT molecular complexity index is 524. The normalized spacial score (nSPS) is 11.8. The number of hydrogen-bond donors (Lipinski definition) is 0. The van der Waals surface area contributed by atoms with Gasteiger partial charge in [-0.25, -0.2) is 6.57 Å². The molecule has 1 unspecified atom stereocenters. The predicted molar refractivity (Wildman–Crippen MR) is 73.8 cm³/mol. The van der Waals surface area contributed by atoms with E-state index in [9.17, 15) is 0 Å². The highest BCUT2D eigenvalue weighted by atomic mass is 79.9. The van der Waals surface area contributed by atoms with Gasteiger partial charge in [0, 0.05) is 15.6 Å². The molecule has 0 amide bonds. The summed E-state index contributed by atoms with van der Waals surface area (Å²) in [4.78, 5) is 3.74. The van der Waals surface area contributed by atoms with Gasteiger partial charge in [0.2, 0.25) is 0 Å². The number of aryl methyl sites for hydroxylation is 1. The lowest BCUT2D eigenvalue weighted by molar-refractivity contribution is 1.01. The van der Waals surface area contributed by atoms with Gasteiger partial charge in [-0.15, -0.1) is 0 Å². The van der Waals surface area contributed by atoms with Crippen LogP contribution in [0.4, 0.5) is 0 Å². The molecule has 1 nitrogen and oxygen atoms in total. The summed E-state index contributed by atoms with van der Waals surface area (Å²) in [5.41, 5.74) is 3.27. The molecule has 0 aliphatic carbocycles. The molecule has 0 radical (unpaired) electrons. The average molecular weight is 286 g/mol. The molecule has 2 aromatic carbocycles. The standard InChI is InChI=1S/C15H12BrN/c1-11-5-3-6-12(9-11)15(17-2)13-7-4-8-14(16)10-13/h3-10,15H,1H3. The van der Waals surface area contributed by atoms with E-state index in [1.165, 1.54) is 5.56 Å². The Kier molecular flexibility index (Phi) is 3.61. The minimum absolute atomic E-state index is 0.215. The van der Waals surface area contributed by atoms with Crippen LogP contribution in [0.15, 0.2) is 53.0 Å². The van der Waals surface area contributed by atoms with Crippen molar-refractivity contribution in [2.75, 3.05) is 0 Å². The highest BCUT2D eigenvalue weighted by Crippen LogP contribution is 2.28. The van der Waals surface area contributed by atoms with E-state index in [1.807, 2.05) is 49.4 Å². The minimum Gasteiger partial charge on any atom is -0.303 e. The van der Waals surface area contributed by atoms with Gasteiger partial charge in [0.05, 0.1) is 0 Å². The number of benzene rings is 2. The van der Waals surface area contributed by atoms with E-state index in [4.69, 9.17) is 6.57 Å². The molecule has 0 saturated carbocycles. The molecule has 0 fully saturated rings. The zero-order chi connectivity index (χ0) is 12.3. The second-order valence-electron chi connectivity index (χ2n) is 4.00. The molecule has 0 saturated heterocycles. The lowest BCUT2D eigenvalue weighted by Crippen LogP contribution is -1.96. The van der Waals surface area contributed by atoms with Gasteiger partial charge in [-0.05, 0) is 25.1 Å². The maximum atomic E-state index is 7.39. The van der Waals surface area contributed by atoms with E-state index in [0.717, 1.165) is 15.6 Å². The van der Waals surface area contributed by atoms with Gasteiger partial charge in [0.25, 0.3) is 6.04 Å². The molecule has 84 valence electrons. The third-order valence-corrected chi connectivity index (χ3v) is 3.14. The summed E-state index contributed by atoms with van der Waals surface area (Å²) in [6.07, 6.45) is 0. The summed E-state index contributed by atoms with van der Waals surface area (Å²) >= 11 is 3.44. The monoisotopic (exact) mass is 285 g/mol. The summed E-state index contributed by atoms with van der Waals surface area (Å²) < 4.78 is 1.01. The molecule has 2 aromatic rings. The molecule has 0 heterocycles. The Morgan fingerprint density at radius 1 is 1.06 bits per heavy atom. The van der Waals surface area contributed by atoms with Crippen molar-refractivity contribution in [3.8, 4) is 0 Å². The SMILES string of the molecule is [C-]#[N+]C(c1cccc(C)c1)c1cccc(Br)c1. The summed E-state index contributed by atoms with van der Waals surface area (Å²) in [5, 5.41) is 0. The van der Waals surface area contributed by atoms with Crippen molar-refractivity contribution in [3.05, 3.63) is 81.1 Å². The van der Waals surface area contributed by atoms with Crippen molar-refractivity contribution in [2.24, 2.45) is 0 Å². The van der Waals surface area contributed by atoms with E-state index < -0.39 is 0 Å². The van der Waals surface area contributed by atoms with Crippen molar-refractivity contribution in [2.45, 2.75) is 13.0 Å². The van der Waals surface area contributed by atoms with Crippen molar-refractivity contribution in [1.82, 2.24) is 0 Å². The van der Waals surface area contributed by atoms with E-state index in [1.54, 1.807) is 0 Å². The average Bonchev–Trinajstić information content (AvgIpc) is 2.30. The van der Waals surface area contributed by atoms with Gasteiger partial charge in [0.1, 0.15) is 0 Å². The highest BCUT2D eigenvalue weighted by Gasteiger charge is 2.18. The van der Waals surface area contributed by atoms with Crippen LogP contribution >= 0.6 is 15.9 Å². The first-order chi connectivity index (χ1) is 8.20. The van der Waals surface area contributed by atoms with Gasteiger partial charge in [0.15, 0.2) is 0 Å². The zero-order valence-corrected chi connectivity index (χ0v) is 11.1. The van der Waals surface area contributed by atoms with E-state index in [2.05, 4.69) is 26.8 Å². The van der Waals surface area contributed by atoms with Crippen LogP contribution in [0.5, 0.6) is 0 Å². The summed E-state index contributed by atoms with van der Waals surface area (Å²) in [5.74, 6) is 0. The first-order valence-electron chi connectivity index (χ1n) is 5.39. The maximum Gasteiger partial charge on any atom is 0.273 e. The molecular weight excluding hydrogens is 274 g/mol. The van der Waals surface area contributed by atoms with E-state index in [0.29, 0.717) is 0 Å². The van der Waals surface area contributed by atoms with Crippen LogP contribution in [-0.2, 0) is 0 Å². The third kappa shape index (κ3) is 2.75. The van der Waals surface area contributed by atoms with E-state index in [-0.39, 0.29) is 6.04 Å². The molecule has 0 spiro atoms. The van der Waals surface area contributed by atoms with Crippen LogP contribution in [0.25, 0.3) is 4.85 Å². The molecule has 1 atom stereocenters. The third-order valence-electron chi connectivity index (χ3n) is 2.65. The van der Waals surface area contributed by atoms with Crippen molar-refractivity contribution < 1.29 is 0 Å². The quantitative estimate of drug-likeness (QED) is 0.701. The van der Waals surface area contributed by atoms with Gasteiger partial charge in [-0.3, -0.25) is 0 Å². The van der Waals surface area contributed by atoms with Crippen LogP contribution < -0.4 is 0 Å². The van der Waals surface area contributed by atoms with Crippen molar-refractivity contribution in [3.63, 3.8) is 0 Å². The lowest BCUT2D eigenvalue weighted by Gasteiger charge is -2.07. The van der Waals surface area contributed by atoms with E-state index >= 15 is 0 Å². The number of halogens is 1. The minimum atomic E-state index is -0.215. The summed E-state index contributed by atoms with van der Waals surface area (Å²) in [6, 6.07) is 15.9. The Balaban J connectivity index is 2.45. The predicted octanol–water partition coefficient (Wildman–Crippen LogP) is 4.77. The fourth-order valence-corrected chi connectivity index (χ4v) is 2.28. The first-order valence-corrected chi connectivity index (χ1v) is 6.18. The highest BCUT2D eigenvalue weighted by molar-refractivity contribution is 9.10. The number of nitrogens with zero attached hydrogens (tertiary/aromatic N) is 1. The van der Waals surface area contributed by atoms with Crippen LogP contribution in [0.3, 0.4) is 0 Å². The van der Waals surface area contributed by atoms with Crippen molar-refractivity contribution in [1.29, 1.82) is 0 Å². The number of hydrogen-bond acceptors (Lipinski definition) is 0. The van der Waals surface area contributed by atoms with Crippen LogP contribution in [-0.4, -0.2) is 0 Å². The summed E-state index contributed by atoms with van der Waals surface area (Å²) in [6.45, 7) is 9.43. The van der Waals surface area contributed by atoms with Gasteiger partial charge in [-0.1, -0.05) is 51.8 Å².